The first-order valence-corrected chi connectivity index (χ1v) is 6.38. The third kappa shape index (κ3) is 2.75. The summed E-state index contributed by atoms with van der Waals surface area (Å²) in [5.41, 5.74) is -0.805. The Morgan fingerprint density at radius 2 is 2.28 bits per heavy atom. The first-order valence-electron chi connectivity index (χ1n) is 6.38. The lowest BCUT2D eigenvalue weighted by molar-refractivity contribution is -0.147. The van der Waals surface area contributed by atoms with Crippen LogP contribution in [0.5, 0.6) is 0 Å². The van der Waals surface area contributed by atoms with E-state index in [4.69, 9.17) is 9.84 Å². The second kappa shape index (κ2) is 5.14. The predicted octanol–water partition coefficient (Wildman–Crippen LogP) is 0.672. The van der Waals surface area contributed by atoms with Crippen molar-refractivity contribution in [3.05, 3.63) is 0 Å². The number of urea groups is 1. The van der Waals surface area contributed by atoms with Gasteiger partial charge in [0.1, 0.15) is 0 Å². The Morgan fingerprint density at radius 3 is 2.83 bits per heavy atom. The number of hydrogen-bond acceptors (Lipinski definition) is 3. The number of hydrogen-bond donors (Lipinski definition) is 2. The smallest absolute Gasteiger partial charge is 0.317 e. The molecule has 0 aromatic carbocycles. The number of carboxylic acid groups (broad SMARTS) is 1. The fraction of sp³-hybridized carbons (Fsp3) is 0.833. The predicted molar refractivity (Wildman–Crippen MR) is 64.3 cm³/mol. The van der Waals surface area contributed by atoms with E-state index in [1.165, 1.54) is 0 Å². The van der Waals surface area contributed by atoms with Crippen molar-refractivity contribution in [2.45, 2.75) is 32.2 Å². The molecule has 0 saturated carbocycles. The molecular formula is C12H20N2O4. The molecule has 18 heavy (non-hydrogen) atoms. The quantitative estimate of drug-likeness (QED) is 0.761. The van der Waals surface area contributed by atoms with Gasteiger partial charge in [-0.25, -0.2) is 4.79 Å². The van der Waals surface area contributed by atoms with Crippen LogP contribution in [0.3, 0.4) is 0 Å². The van der Waals surface area contributed by atoms with E-state index in [0.29, 0.717) is 19.6 Å². The van der Waals surface area contributed by atoms with Crippen LogP contribution >= 0.6 is 0 Å². The van der Waals surface area contributed by atoms with Crippen LogP contribution in [0, 0.1) is 5.41 Å². The molecule has 0 aromatic rings. The largest absolute Gasteiger partial charge is 0.481 e. The Bertz CT molecular complexity index is 341. The zero-order chi connectivity index (χ0) is 13.2. The number of nitrogens with zero attached hydrogens (tertiary/aromatic N) is 1. The molecule has 2 aliphatic heterocycles. The van der Waals surface area contributed by atoms with E-state index in [2.05, 4.69) is 5.32 Å². The molecule has 0 radical (unpaired) electrons. The molecule has 6 heteroatoms. The van der Waals surface area contributed by atoms with E-state index in [0.717, 1.165) is 19.4 Å². The highest BCUT2D eigenvalue weighted by atomic mass is 16.5. The molecule has 6 nitrogen and oxygen atoms in total. The minimum Gasteiger partial charge on any atom is -0.481 e. The summed E-state index contributed by atoms with van der Waals surface area (Å²) in [7, 11) is 0. The van der Waals surface area contributed by atoms with Crippen LogP contribution in [-0.2, 0) is 9.53 Å². The minimum absolute atomic E-state index is 0.0583. The van der Waals surface area contributed by atoms with Crippen LogP contribution in [0.2, 0.25) is 0 Å². The maximum absolute atomic E-state index is 12.0. The lowest BCUT2D eigenvalue weighted by atomic mass is 9.90. The molecule has 0 aromatic heterocycles. The lowest BCUT2D eigenvalue weighted by Gasteiger charge is -2.26. The Balaban J connectivity index is 1.85. The Hall–Kier alpha value is -1.30. The Morgan fingerprint density at radius 1 is 1.50 bits per heavy atom. The first kappa shape index (κ1) is 13.1. The van der Waals surface area contributed by atoms with Crippen molar-refractivity contribution >= 4 is 12.0 Å². The average Bonchev–Trinajstić information content (AvgIpc) is 2.75. The van der Waals surface area contributed by atoms with Crippen LogP contribution < -0.4 is 5.32 Å². The van der Waals surface area contributed by atoms with E-state index in [1.807, 2.05) is 0 Å². The highest BCUT2D eigenvalue weighted by Gasteiger charge is 2.42. The summed E-state index contributed by atoms with van der Waals surface area (Å²) in [6.45, 7) is 3.78. The van der Waals surface area contributed by atoms with Crippen molar-refractivity contribution in [1.29, 1.82) is 0 Å². The fourth-order valence-electron chi connectivity index (χ4n) is 2.43. The van der Waals surface area contributed by atoms with E-state index in [9.17, 15) is 9.59 Å². The fourth-order valence-corrected chi connectivity index (χ4v) is 2.43. The van der Waals surface area contributed by atoms with Gasteiger partial charge in [-0.3, -0.25) is 4.79 Å². The van der Waals surface area contributed by atoms with Gasteiger partial charge in [0.05, 0.1) is 18.1 Å². The molecule has 2 fully saturated rings. The van der Waals surface area contributed by atoms with Crippen LogP contribution in [0.4, 0.5) is 4.79 Å². The number of aliphatic carboxylic acids is 1. The third-order valence-electron chi connectivity index (χ3n) is 3.76. The van der Waals surface area contributed by atoms with Crippen molar-refractivity contribution in [1.82, 2.24) is 10.2 Å². The maximum Gasteiger partial charge on any atom is 0.317 e. The highest BCUT2D eigenvalue weighted by Crippen LogP contribution is 2.30. The molecule has 2 atom stereocenters. The monoisotopic (exact) mass is 256 g/mol. The van der Waals surface area contributed by atoms with E-state index in [-0.39, 0.29) is 18.6 Å². The topological polar surface area (TPSA) is 78.9 Å². The van der Waals surface area contributed by atoms with Crippen molar-refractivity contribution < 1.29 is 19.4 Å². The van der Waals surface area contributed by atoms with Crippen LogP contribution in [0.15, 0.2) is 0 Å². The molecular weight excluding hydrogens is 236 g/mol. The Labute approximate surface area is 106 Å². The molecule has 2 amide bonds. The number of carboxylic acids is 1. The van der Waals surface area contributed by atoms with Gasteiger partial charge in [0.15, 0.2) is 0 Å². The summed E-state index contributed by atoms with van der Waals surface area (Å²) >= 11 is 0. The van der Waals surface area contributed by atoms with Crippen molar-refractivity contribution in [2.75, 3.05) is 26.3 Å². The van der Waals surface area contributed by atoms with Crippen molar-refractivity contribution in [2.24, 2.45) is 5.41 Å². The number of likely N-dealkylation sites (tertiary alicyclic amines) is 1. The van der Waals surface area contributed by atoms with Gasteiger partial charge in [0.2, 0.25) is 0 Å². The van der Waals surface area contributed by atoms with E-state index >= 15 is 0 Å². The van der Waals surface area contributed by atoms with Gasteiger partial charge in [-0.1, -0.05) is 0 Å². The van der Waals surface area contributed by atoms with Crippen molar-refractivity contribution in [3.8, 4) is 0 Å². The molecule has 2 N–H and O–H groups in total. The van der Waals surface area contributed by atoms with Crippen LogP contribution in [-0.4, -0.2) is 54.4 Å². The average molecular weight is 256 g/mol. The molecule has 2 aliphatic rings. The second-order valence-corrected chi connectivity index (χ2v) is 5.40. The second-order valence-electron chi connectivity index (χ2n) is 5.40. The normalized spacial score (nSPS) is 32.3. The number of nitrogens with one attached hydrogen (secondary N) is 1. The molecule has 0 spiro atoms. The summed E-state index contributed by atoms with van der Waals surface area (Å²) in [6.07, 6.45) is 2.39. The van der Waals surface area contributed by atoms with Crippen LogP contribution in [0.1, 0.15) is 26.2 Å². The third-order valence-corrected chi connectivity index (χ3v) is 3.76. The zero-order valence-corrected chi connectivity index (χ0v) is 10.6. The van der Waals surface area contributed by atoms with E-state index < -0.39 is 11.4 Å². The van der Waals surface area contributed by atoms with Gasteiger partial charge in [0.25, 0.3) is 0 Å². The molecule has 0 bridgehead atoms. The highest BCUT2D eigenvalue weighted by molar-refractivity contribution is 5.79. The Kier molecular flexibility index (Phi) is 3.75. The number of ether oxygens (including phenoxy) is 1. The minimum atomic E-state index is -0.834. The molecule has 2 heterocycles. The summed E-state index contributed by atoms with van der Waals surface area (Å²) in [5, 5.41) is 12.0. The van der Waals surface area contributed by atoms with Gasteiger partial charge in [0, 0.05) is 19.7 Å². The molecule has 2 saturated heterocycles. The lowest BCUT2D eigenvalue weighted by Crippen LogP contribution is -2.47. The number of amides is 2. The maximum atomic E-state index is 12.0. The zero-order valence-electron chi connectivity index (χ0n) is 10.6. The number of carbonyl (C=O) groups excluding carboxylic acids is 1. The SMILES string of the molecule is CC1(C(=O)O)CCN(C(=O)N[C@H]2CCCOC2)C1. The molecule has 102 valence electrons. The summed E-state index contributed by atoms with van der Waals surface area (Å²) in [6, 6.07) is -0.113. The molecule has 2 rings (SSSR count). The van der Waals surface area contributed by atoms with Crippen molar-refractivity contribution in [3.63, 3.8) is 0 Å². The van der Waals surface area contributed by atoms with Gasteiger partial charge >= 0.3 is 12.0 Å². The van der Waals surface area contributed by atoms with Gasteiger partial charge < -0.3 is 20.1 Å². The summed E-state index contributed by atoms with van der Waals surface area (Å²) < 4.78 is 5.30. The molecule has 0 aliphatic carbocycles. The molecule has 1 unspecified atom stereocenters. The number of carbonyl (C=O) groups is 2. The van der Waals surface area contributed by atoms with Gasteiger partial charge in [-0.05, 0) is 26.2 Å². The van der Waals surface area contributed by atoms with Crippen LogP contribution in [0.25, 0.3) is 0 Å². The van der Waals surface area contributed by atoms with Gasteiger partial charge in [-0.15, -0.1) is 0 Å². The number of rotatable bonds is 2. The standard InChI is InChI=1S/C12H20N2O4/c1-12(10(15)16)4-5-14(8-12)11(17)13-9-3-2-6-18-7-9/h9H,2-8H2,1H3,(H,13,17)(H,15,16)/t9-,12?/m0/s1. The van der Waals surface area contributed by atoms with Gasteiger partial charge in [-0.2, -0.15) is 0 Å². The van der Waals surface area contributed by atoms with E-state index in [1.54, 1.807) is 11.8 Å². The first-order chi connectivity index (χ1) is 8.51. The summed E-state index contributed by atoms with van der Waals surface area (Å²) in [4.78, 5) is 24.7. The summed E-state index contributed by atoms with van der Waals surface area (Å²) in [5.74, 6) is -0.834.